The van der Waals surface area contributed by atoms with Gasteiger partial charge in [0.15, 0.2) is 0 Å². The summed E-state index contributed by atoms with van der Waals surface area (Å²) >= 11 is 6.15. The van der Waals surface area contributed by atoms with Crippen LogP contribution in [-0.2, 0) is 0 Å². The van der Waals surface area contributed by atoms with E-state index in [9.17, 15) is 4.79 Å². The summed E-state index contributed by atoms with van der Waals surface area (Å²) in [7, 11) is 1.94. The van der Waals surface area contributed by atoms with Crippen molar-refractivity contribution in [1.82, 2.24) is 15.2 Å². The maximum absolute atomic E-state index is 12.8. The third-order valence-electron chi connectivity index (χ3n) is 4.02. The van der Waals surface area contributed by atoms with Gasteiger partial charge in [0.05, 0.1) is 11.1 Å². The number of nitrogens with one attached hydrogen (secondary N) is 1. The molecule has 1 aromatic heterocycles. The largest absolute Gasteiger partial charge is 0.337 e. The lowest BCUT2D eigenvalue weighted by Gasteiger charge is -2.32. The van der Waals surface area contributed by atoms with Gasteiger partial charge < -0.3 is 10.2 Å². The molecule has 2 aromatic rings. The normalized spacial score (nSPS) is 19.0. The van der Waals surface area contributed by atoms with Gasteiger partial charge in [-0.2, -0.15) is 0 Å². The van der Waals surface area contributed by atoms with Crippen molar-refractivity contribution < 1.29 is 4.79 Å². The molecule has 110 valence electrons. The number of pyridine rings is 1. The van der Waals surface area contributed by atoms with Crippen molar-refractivity contribution in [3.8, 4) is 0 Å². The molecule has 1 aliphatic rings. The zero-order valence-electron chi connectivity index (χ0n) is 12.0. The van der Waals surface area contributed by atoms with Gasteiger partial charge in [-0.1, -0.05) is 17.7 Å². The maximum Gasteiger partial charge on any atom is 0.256 e. The molecule has 5 heteroatoms. The molecule has 1 N–H and O–H groups in total. The maximum atomic E-state index is 12.8. The van der Waals surface area contributed by atoms with Crippen LogP contribution in [0.15, 0.2) is 30.5 Å². The van der Waals surface area contributed by atoms with Crippen LogP contribution in [0.25, 0.3) is 10.9 Å². The van der Waals surface area contributed by atoms with Crippen LogP contribution in [0.1, 0.15) is 23.2 Å². The average Bonchev–Trinajstić information content (AvgIpc) is 2.53. The Balaban J connectivity index is 1.97. The van der Waals surface area contributed by atoms with Crippen molar-refractivity contribution in [2.24, 2.45) is 0 Å². The standard InChI is InChI=1S/C16H18ClN3O/c1-18-13-5-3-7-20(10-13)16(21)14-9-12(17)8-11-4-2-6-19-15(11)14/h2,4,6,8-9,13,18H,3,5,7,10H2,1H3. The van der Waals surface area contributed by atoms with E-state index in [1.807, 2.05) is 30.1 Å². The van der Waals surface area contributed by atoms with Crippen LogP contribution in [-0.4, -0.2) is 42.0 Å². The minimum Gasteiger partial charge on any atom is -0.337 e. The highest BCUT2D eigenvalue weighted by Gasteiger charge is 2.25. The van der Waals surface area contributed by atoms with Gasteiger partial charge in [-0.25, -0.2) is 0 Å². The molecule has 1 amide bonds. The Bertz CT molecular complexity index is 674. The molecular formula is C16H18ClN3O. The smallest absolute Gasteiger partial charge is 0.256 e. The van der Waals surface area contributed by atoms with Gasteiger partial charge in [-0.05, 0) is 38.1 Å². The predicted molar refractivity (Wildman–Crippen MR) is 84.7 cm³/mol. The van der Waals surface area contributed by atoms with E-state index in [0.29, 0.717) is 16.6 Å². The molecule has 0 bridgehead atoms. The molecule has 2 heterocycles. The van der Waals surface area contributed by atoms with Crippen molar-refractivity contribution in [1.29, 1.82) is 0 Å². The molecule has 0 saturated carbocycles. The van der Waals surface area contributed by atoms with E-state index in [1.54, 1.807) is 12.3 Å². The average molecular weight is 304 g/mol. The van der Waals surface area contributed by atoms with Crippen LogP contribution in [0.2, 0.25) is 5.02 Å². The second-order valence-corrected chi connectivity index (χ2v) is 5.84. The minimum atomic E-state index is 0.0150. The summed E-state index contributed by atoms with van der Waals surface area (Å²) in [5.41, 5.74) is 1.31. The van der Waals surface area contributed by atoms with Gasteiger partial charge in [0.2, 0.25) is 0 Å². The molecule has 4 nitrogen and oxygen atoms in total. The van der Waals surface area contributed by atoms with E-state index in [2.05, 4.69) is 10.3 Å². The van der Waals surface area contributed by atoms with E-state index in [0.717, 1.165) is 36.8 Å². The number of piperidine rings is 1. The number of nitrogens with zero attached hydrogens (tertiary/aromatic N) is 2. The molecule has 1 aliphatic heterocycles. The molecule has 1 aromatic carbocycles. The number of aromatic nitrogens is 1. The second-order valence-electron chi connectivity index (χ2n) is 5.41. The fourth-order valence-corrected chi connectivity index (χ4v) is 3.11. The van der Waals surface area contributed by atoms with Gasteiger partial charge in [0, 0.05) is 35.7 Å². The SMILES string of the molecule is CNC1CCCN(C(=O)c2cc(Cl)cc3cccnc23)C1. The van der Waals surface area contributed by atoms with Gasteiger partial charge in [-0.15, -0.1) is 0 Å². The number of carbonyl (C=O) groups is 1. The molecule has 0 radical (unpaired) electrons. The third kappa shape index (κ3) is 2.87. The van der Waals surface area contributed by atoms with Crippen LogP contribution >= 0.6 is 11.6 Å². The van der Waals surface area contributed by atoms with E-state index in [4.69, 9.17) is 11.6 Å². The first-order chi connectivity index (χ1) is 10.2. The number of carbonyl (C=O) groups excluding carboxylic acids is 1. The first-order valence-corrected chi connectivity index (χ1v) is 7.57. The highest BCUT2D eigenvalue weighted by atomic mass is 35.5. The first-order valence-electron chi connectivity index (χ1n) is 7.20. The topological polar surface area (TPSA) is 45.2 Å². The molecule has 21 heavy (non-hydrogen) atoms. The Morgan fingerprint density at radius 1 is 1.48 bits per heavy atom. The Morgan fingerprint density at radius 3 is 3.14 bits per heavy atom. The highest BCUT2D eigenvalue weighted by Crippen LogP contribution is 2.24. The van der Waals surface area contributed by atoms with E-state index >= 15 is 0 Å². The Kier molecular flexibility index (Phi) is 4.08. The summed E-state index contributed by atoms with van der Waals surface area (Å²) in [6.45, 7) is 1.52. The van der Waals surface area contributed by atoms with Crippen LogP contribution in [0.3, 0.4) is 0 Å². The number of benzene rings is 1. The van der Waals surface area contributed by atoms with Gasteiger partial charge in [-0.3, -0.25) is 9.78 Å². The zero-order valence-corrected chi connectivity index (χ0v) is 12.7. The lowest BCUT2D eigenvalue weighted by molar-refractivity contribution is 0.0700. The van der Waals surface area contributed by atoms with Crippen molar-refractivity contribution in [3.63, 3.8) is 0 Å². The molecule has 1 unspecified atom stereocenters. The minimum absolute atomic E-state index is 0.0150. The lowest BCUT2D eigenvalue weighted by Crippen LogP contribution is -2.47. The molecule has 1 fully saturated rings. The van der Waals surface area contributed by atoms with Crippen molar-refractivity contribution in [2.45, 2.75) is 18.9 Å². The third-order valence-corrected chi connectivity index (χ3v) is 4.24. The van der Waals surface area contributed by atoms with Gasteiger partial charge >= 0.3 is 0 Å². The number of hydrogen-bond donors (Lipinski definition) is 1. The Hall–Kier alpha value is -1.65. The second kappa shape index (κ2) is 6.00. The molecule has 3 rings (SSSR count). The number of rotatable bonds is 2. The number of likely N-dealkylation sites (tertiary alicyclic amines) is 1. The Morgan fingerprint density at radius 2 is 2.33 bits per heavy atom. The van der Waals surface area contributed by atoms with Gasteiger partial charge in [0.25, 0.3) is 5.91 Å². The van der Waals surface area contributed by atoms with Crippen molar-refractivity contribution in [2.75, 3.05) is 20.1 Å². The molecule has 1 saturated heterocycles. The zero-order chi connectivity index (χ0) is 14.8. The fourth-order valence-electron chi connectivity index (χ4n) is 2.89. The first kappa shape index (κ1) is 14.3. The molecular weight excluding hydrogens is 286 g/mol. The molecule has 0 spiro atoms. The van der Waals surface area contributed by atoms with Crippen LogP contribution in [0, 0.1) is 0 Å². The van der Waals surface area contributed by atoms with Crippen molar-refractivity contribution in [3.05, 3.63) is 41.0 Å². The number of amides is 1. The number of halogens is 1. The van der Waals surface area contributed by atoms with Crippen molar-refractivity contribution >= 4 is 28.4 Å². The quantitative estimate of drug-likeness (QED) is 0.928. The number of fused-ring (bicyclic) bond motifs is 1. The lowest BCUT2D eigenvalue weighted by atomic mass is 10.0. The van der Waals surface area contributed by atoms with Gasteiger partial charge in [0.1, 0.15) is 0 Å². The summed E-state index contributed by atoms with van der Waals surface area (Å²) in [6, 6.07) is 7.71. The fraction of sp³-hybridized carbons (Fsp3) is 0.375. The predicted octanol–water partition coefficient (Wildman–Crippen LogP) is 2.71. The van der Waals surface area contributed by atoms with Crippen LogP contribution in [0.4, 0.5) is 0 Å². The summed E-state index contributed by atoms with van der Waals surface area (Å²) in [4.78, 5) is 19.1. The highest BCUT2D eigenvalue weighted by molar-refractivity contribution is 6.32. The van der Waals surface area contributed by atoms with E-state index in [1.165, 1.54) is 0 Å². The summed E-state index contributed by atoms with van der Waals surface area (Å²) in [5.74, 6) is 0.0150. The number of hydrogen-bond acceptors (Lipinski definition) is 3. The summed E-state index contributed by atoms with van der Waals surface area (Å²) in [6.07, 6.45) is 3.83. The summed E-state index contributed by atoms with van der Waals surface area (Å²) in [5, 5.41) is 4.72. The molecule has 0 aliphatic carbocycles. The summed E-state index contributed by atoms with van der Waals surface area (Å²) < 4.78 is 0. The number of likely N-dealkylation sites (N-methyl/N-ethyl adjacent to an activating group) is 1. The van der Waals surface area contributed by atoms with E-state index in [-0.39, 0.29) is 5.91 Å². The monoisotopic (exact) mass is 303 g/mol. The van der Waals surface area contributed by atoms with E-state index < -0.39 is 0 Å². The van der Waals surface area contributed by atoms with Crippen LogP contribution in [0.5, 0.6) is 0 Å². The Labute approximate surface area is 129 Å². The van der Waals surface area contributed by atoms with Crippen LogP contribution < -0.4 is 5.32 Å². The molecule has 1 atom stereocenters.